The first-order valence-electron chi connectivity index (χ1n) is 8.18. The van der Waals surface area contributed by atoms with Crippen molar-refractivity contribution in [2.75, 3.05) is 5.32 Å². The maximum atomic E-state index is 12.3. The molecule has 3 aromatic carbocycles. The Kier molecular flexibility index (Phi) is 5.97. The van der Waals surface area contributed by atoms with Crippen molar-refractivity contribution in [3.05, 3.63) is 101 Å². The highest BCUT2D eigenvalue weighted by atomic mass is 35.5. The summed E-state index contributed by atoms with van der Waals surface area (Å²) in [6, 6.07) is 22.7. The van der Waals surface area contributed by atoms with Crippen molar-refractivity contribution in [2.24, 2.45) is 5.10 Å². The molecular weight excluding hydrogens is 362 g/mol. The molecule has 3 aromatic rings. The summed E-state index contributed by atoms with van der Waals surface area (Å²) < 4.78 is 0. The number of carbonyl (C=O) groups excluding carboxylic acids is 2. The number of halogens is 1. The molecule has 0 fully saturated rings. The van der Waals surface area contributed by atoms with E-state index in [1.807, 2.05) is 12.1 Å². The first-order valence-corrected chi connectivity index (χ1v) is 8.56. The fraction of sp³-hybridized carbons (Fsp3) is 0. The van der Waals surface area contributed by atoms with Crippen LogP contribution in [0.5, 0.6) is 0 Å². The Hall–Kier alpha value is -3.44. The van der Waals surface area contributed by atoms with E-state index in [0.29, 0.717) is 21.8 Å². The second-order valence-electron chi connectivity index (χ2n) is 5.62. The summed E-state index contributed by atoms with van der Waals surface area (Å²) in [7, 11) is 0. The third-order valence-corrected chi connectivity index (χ3v) is 4.01. The molecule has 0 saturated heterocycles. The summed E-state index contributed by atoms with van der Waals surface area (Å²) in [5.41, 5.74) is 4.70. The van der Waals surface area contributed by atoms with Gasteiger partial charge in [-0.05, 0) is 42.0 Å². The van der Waals surface area contributed by atoms with Crippen molar-refractivity contribution in [1.82, 2.24) is 5.43 Å². The Morgan fingerprint density at radius 2 is 1.59 bits per heavy atom. The molecule has 134 valence electrons. The second kappa shape index (κ2) is 8.78. The maximum absolute atomic E-state index is 12.3. The third-order valence-electron chi connectivity index (χ3n) is 3.68. The van der Waals surface area contributed by atoms with Crippen LogP contribution in [0.15, 0.2) is 84.0 Å². The molecule has 3 rings (SSSR count). The zero-order valence-corrected chi connectivity index (χ0v) is 15.0. The number of nitrogens with one attached hydrogen (secondary N) is 2. The van der Waals surface area contributed by atoms with E-state index >= 15 is 0 Å². The molecule has 27 heavy (non-hydrogen) atoms. The maximum Gasteiger partial charge on any atom is 0.271 e. The number of carbonyl (C=O) groups is 2. The van der Waals surface area contributed by atoms with Crippen molar-refractivity contribution < 1.29 is 9.59 Å². The van der Waals surface area contributed by atoms with Crippen molar-refractivity contribution in [2.45, 2.75) is 0 Å². The van der Waals surface area contributed by atoms with E-state index in [9.17, 15) is 9.59 Å². The standard InChI is InChI=1S/C21H16ClN3O2/c22-19-12-5-4-11-18(19)21(27)24-17-10-6-7-15(13-17)14-23-25-20(26)16-8-2-1-3-9-16/h1-14H,(H,24,27)(H,25,26)/b23-14-. The van der Waals surface area contributed by atoms with E-state index in [2.05, 4.69) is 15.8 Å². The van der Waals surface area contributed by atoms with Gasteiger partial charge in [-0.25, -0.2) is 5.43 Å². The van der Waals surface area contributed by atoms with Crippen LogP contribution in [-0.2, 0) is 0 Å². The topological polar surface area (TPSA) is 70.6 Å². The highest BCUT2D eigenvalue weighted by Crippen LogP contribution is 2.17. The van der Waals surface area contributed by atoms with Crippen LogP contribution >= 0.6 is 11.6 Å². The van der Waals surface area contributed by atoms with Gasteiger partial charge in [0.1, 0.15) is 0 Å². The van der Waals surface area contributed by atoms with Gasteiger partial charge in [0.15, 0.2) is 0 Å². The minimum Gasteiger partial charge on any atom is -0.322 e. The van der Waals surface area contributed by atoms with Crippen LogP contribution < -0.4 is 10.7 Å². The van der Waals surface area contributed by atoms with Gasteiger partial charge in [0.2, 0.25) is 0 Å². The zero-order chi connectivity index (χ0) is 19.1. The van der Waals surface area contributed by atoms with Gasteiger partial charge < -0.3 is 5.32 Å². The van der Waals surface area contributed by atoms with Crippen LogP contribution in [-0.4, -0.2) is 18.0 Å². The summed E-state index contributed by atoms with van der Waals surface area (Å²) >= 11 is 6.04. The van der Waals surface area contributed by atoms with Crippen LogP contribution in [0, 0.1) is 0 Å². The Balaban J connectivity index is 1.64. The van der Waals surface area contributed by atoms with Gasteiger partial charge in [-0.2, -0.15) is 5.10 Å². The molecule has 0 radical (unpaired) electrons. The van der Waals surface area contributed by atoms with Crippen LogP contribution in [0.4, 0.5) is 5.69 Å². The summed E-state index contributed by atoms with van der Waals surface area (Å²) in [5.74, 6) is -0.595. The third kappa shape index (κ3) is 5.03. The van der Waals surface area contributed by atoms with Crippen molar-refractivity contribution in [1.29, 1.82) is 0 Å². The van der Waals surface area contributed by atoms with Crippen LogP contribution in [0.25, 0.3) is 0 Å². The minimum atomic E-state index is -0.299. The number of rotatable bonds is 5. The van der Waals surface area contributed by atoms with Crippen LogP contribution in [0.2, 0.25) is 5.02 Å². The fourth-order valence-electron chi connectivity index (χ4n) is 2.36. The average Bonchev–Trinajstić information content (AvgIpc) is 2.69. The number of anilines is 1. The van der Waals surface area contributed by atoms with Crippen molar-refractivity contribution in [3.63, 3.8) is 0 Å². The molecular formula is C21H16ClN3O2. The number of hydrazone groups is 1. The largest absolute Gasteiger partial charge is 0.322 e. The molecule has 0 aliphatic rings. The highest BCUT2D eigenvalue weighted by molar-refractivity contribution is 6.34. The highest BCUT2D eigenvalue weighted by Gasteiger charge is 2.09. The minimum absolute atomic E-state index is 0.296. The van der Waals surface area contributed by atoms with Gasteiger partial charge in [0.05, 0.1) is 16.8 Å². The van der Waals surface area contributed by atoms with E-state index in [-0.39, 0.29) is 11.8 Å². The monoisotopic (exact) mass is 377 g/mol. The molecule has 0 aromatic heterocycles. The molecule has 0 spiro atoms. The predicted molar refractivity (Wildman–Crippen MR) is 107 cm³/mol. The summed E-state index contributed by atoms with van der Waals surface area (Å²) in [5, 5.41) is 7.13. The second-order valence-corrected chi connectivity index (χ2v) is 6.03. The van der Waals surface area contributed by atoms with E-state index in [1.165, 1.54) is 6.21 Å². The van der Waals surface area contributed by atoms with E-state index in [1.54, 1.807) is 66.7 Å². The molecule has 0 heterocycles. The molecule has 0 atom stereocenters. The number of nitrogens with zero attached hydrogens (tertiary/aromatic N) is 1. The molecule has 0 aliphatic heterocycles. The SMILES string of the molecule is O=C(N/N=C\c1cccc(NC(=O)c2ccccc2Cl)c1)c1ccccc1. The van der Waals surface area contributed by atoms with Gasteiger partial charge in [-0.1, -0.05) is 54.1 Å². The van der Waals surface area contributed by atoms with Crippen LogP contribution in [0.3, 0.4) is 0 Å². The molecule has 0 saturated carbocycles. The lowest BCUT2D eigenvalue weighted by Gasteiger charge is -2.07. The van der Waals surface area contributed by atoms with E-state index in [0.717, 1.165) is 5.56 Å². The lowest BCUT2D eigenvalue weighted by atomic mass is 10.2. The smallest absolute Gasteiger partial charge is 0.271 e. The fourth-order valence-corrected chi connectivity index (χ4v) is 2.58. The first-order chi connectivity index (χ1) is 13.1. The molecule has 0 aliphatic carbocycles. The Labute approximate surface area is 161 Å². The van der Waals surface area contributed by atoms with E-state index in [4.69, 9.17) is 11.6 Å². The molecule has 0 unspecified atom stereocenters. The zero-order valence-electron chi connectivity index (χ0n) is 14.2. The normalized spacial score (nSPS) is 10.6. The number of hydrogen-bond donors (Lipinski definition) is 2. The van der Waals surface area contributed by atoms with E-state index < -0.39 is 0 Å². The van der Waals surface area contributed by atoms with Crippen molar-refractivity contribution in [3.8, 4) is 0 Å². The molecule has 6 heteroatoms. The van der Waals surface area contributed by atoms with Gasteiger partial charge in [-0.15, -0.1) is 0 Å². The Bertz CT molecular complexity index is 987. The van der Waals surface area contributed by atoms with Gasteiger partial charge in [0, 0.05) is 11.3 Å². The molecule has 0 bridgehead atoms. The summed E-state index contributed by atoms with van der Waals surface area (Å²) in [6.45, 7) is 0. The number of amides is 2. The summed E-state index contributed by atoms with van der Waals surface area (Å²) in [4.78, 5) is 24.3. The van der Waals surface area contributed by atoms with Crippen LogP contribution in [0.1, 0.15) is 26.3 Å². The van der Waals surface area contributed by atoms with Gasteiger partial charge >= 0.3 is 0 Å². The Morgan fingerprint density at radius 1 is 0.852 bits per heavy atom. The predicted octanol–water partition coefficient (Wildman–Crippen LogP) is 4.36. The first kappa shape index (κ1) is 18.4. The molecule has 2 N–H and O–H groups in total. The Morgan fingerprint density at radius 3 is 2.37 bits per heavy atom. The van der Waals surface area contributed by atoms with Crippen molar-refractivity contribution >= 4 is 35.3 Å². The summed E-state index contributed by atoms with van der Waals surface area (Å²) in [6.07, 6.45) is 1.51. The van der Waals surface area contributed by atoms with Gasteiger partial charge in [0.25, 0.3) is 11.8 Å². The average molecular weight is 378 g/mol. The number of hydrogen-bond acceptors (Lipinski definition) is 3. The molecule has 5 nitrogen and oxygen atoms in total. The molecule has 2 amide bonds. The lowest BCUT2D eigenvalue weighted by molar-refractivity contribution is 0.0954. The lowest BCUT2D eigenvalue weighted by Crippen LogP contribution is -2.17. The van der Waals surface area contributed by atoms with Gasteiger partial charge in [-0.3, -0.25) is 9.59 Å². The number of benzene rings is 3. The quantitative estimate of drug-likeness (QED) is 0.512.